The summed E-state index contributed by atoms with van der Waals surface area (Å²) < 4.78 is 1.18. The van der Waals surface area contributed by atoms with E-state index in [-0.39, 0.29) is 5.91 Å². The number of thiophene rings is 1. The molecule has 0 aliphatic heterocycles. The fraction of sp³-hybridized carbons (Fsp3) is 0.250. The van der Waals surface area contributed by atoms with Gasteiger partial charge in [-0.05, 0) is 18.9 Å². The first kappa shape index (κ1) is 9.81. The van der Waals surface area contributed by atoms with Gasteiger partial charge in [0.25, 0.3) is 0 Å². The molecule has 0 spiro atoms. The van der Waals surface area contributed by atoms with Gasteiger partial charge in [-0.3, -0.25) is 4.79 Å². The predicted molar refractivity (Wildman–Crippen MR) is 66.6 cm³/mol. The van der Waals surface area contributed by atoms with E-state index in [1.807, 2.05) is 29.6 Å². The third-order valence-corrected chi connectivity index (χ3v) is 3.93. The van der Waals surface area contributed by atoms with Gasteiger partial charge in [-0.1, -0.05) is 18.2 Å². The number of benzene rings is 1. The quantitative estimate of drug-likeness (QED) is 0.835. The van der Waals surface area contributed by atoms with Crippen LogP contribution in [0.3, 0.4) is 0 Å². The minimum atomic E-state index is -0.608. The minimum Gasteiger partial charge on any atom is -0.323 e. The number of hydrogen-bond donors (Lipinski definition) is 2. The second kappa shape index (κ2) is 3.30. The Kier molecular flexibility index (Phi) is 2.02. The molecule has 3 N–H and O–H groups in total. The van der Waals surface area contributed by atoms with E-state index in [0.29, 0.717) is 0 Å². The third-order valence-electron chi connectivity index (χ3n) is 2.97. The van der Waals surface area contributed by atoms with E-state index < -0.39 is 5.54 Å². The molecule has 0 radical (unpaired) electrons. The molecule has 2 aromatic rings. The Morgan fingerprint density at radius 2 is 2.12 bits per heavy atom. The van der Waals surface area contributed by atoms with E-state index in [1.165, 1.54) is 4.70 Å². The molecule has 3 rings (SSSR count). The van der Waals surface area contributed by atoms with Crippen molar-refractivity contribution >= 4 is 33.0 Å². The fourth-order valence-corrected chi connectivity index (χ4v) is 2.58. The molecule has 0 saturated heterocycles. The van der Waals surface area contributed by atoms with Crippen LogP contribution in [0.1, 0.15) is 12.8 Å². The summed E-state index contributed by atoms with van der Waals surface area (Å²) in [6.07, 6.45) is 1.59. The van der Waals surface area contributed by atoms with Crippen LogP contribution in [0.4, 0.5) is 5.69 Å². The summed E-state index contributed by atoms with van der Waals surface area (Å²) in [7, 11) is 0. The topological polar surface area (TPSA) is 55.1 Å². The Morgan fingerprint density at radius 1 is 1.38 bits per heavy atom. The first-order valence-electron chi connectivity index (χ1n) is 5.26. The fourth-order valence-electron chi connectivity index (χ4n) is 1.68. The Hall–Kier alpha value is -1.39. The monoisotopic (exact) mass is 232 g/mol. The molecule has 1 heterocycles. The van der Waals surface area contributed by atoms with Crippen LogP contribution in [0.15, 0.2) is 29.6 Å². The summed E-state index contributed by atoms with van der Waals surface area (Å²) in [6, 6.07) is 8.03. The normalized spacial score (nSPS) is 17.3. The Labute approximate surface area is 97.3 Å². The number of nitrogens with one attached hydrogen (secondary N) is 1. The van der Waals surface area contributed by atoms with Crippen LogP contribution in [0, 0.1) is 0 Å². The number of hydrogen-bond acceptors (Lipinski definition) is 3. The van der Waals surface area contributed by atoms with Crippen molar-refractivity contribution in [1.82, 2.24) is 0 Å². The summed E-state index contributed by atoms with van der Waals surface area (Å²) in [5, 5.41) is 5.97. The van der Waals surface area contributed by atoms with Gasteiger partial charge in [0, 0.05) is 15.5 Å². The van der Waals surface area contributed by atoms with Crippen LogP contribution in [0.2, 0.25) is 0 Å². The maximum atomic E-state index is 11.8. The predicted octanol–water partition coefficient (Wildman–Crippen LogP) is 2.33. The Morgan fingerprint density at radius 3 is 2.88 bits per heavy atom. The lowest BCUT2D eigenvalue weighted by atomic mass is 10.2. The van der Waals surface area contributed by atoms with Crippen LogP contribution < -0.4 is 11.1 Å². The van der Waals surface area contributed by atoms with E-state index in [2.05, 4.69) is 5.32 Å². The number of fused-ring (bicyclic) bond motifs is 1. The molecule has 0 unspecified atom stereocenters. The highest BCUT2D eigenvalue weighted by Gasteiger charge is 2.46. The Balaban J connectivity index is 1.92. The molecule has 1 aromatic carbocycles. The summed E-state index contributed by atoms with van der Waals surface area (Å²) in [5.41, 5.74) is 6.11. The van der Waals surface area contributed by atoms with E-state index in [1.54, 1.807) is 11.3 Å². The van der Waals surface area contributed by atoms with Gasteiger partial charge in [-0.25, -0.2) is 0 Å². The molecule has 82 valence electrons. The number of amides is 1. The molecule has 3 nitrogen and oxygen atoms in total. The van der Waals surface area contributed by atoms with Crippen LogP contribution >= 0.6 is 11.3 Å². The molecule has 1 aliphatic rings. The van der Waals surface area contributed by atoms with Gasteiger partial charge in [0.1, 0.15) is 0 Å². The molecule has 1 aliphatic carbocycles. The van der Waals surface area contributed by atoms with Gasteiger partial charge in [-0.2, -0.15) is 0 Å². The standard InChI is InChI=1S/C12H12N2OS/c13-12(5-6-12)11(15)14-9-7-16-10-4-2-1-3-8(9)10/h1-4,7H,5-6,13H2,(H,14,15). The van der Waals surface area contributed by atoms with Gasteiger partial charge in [-0.15, -0.1) is 11.3 Å². The summed E-state index contributed by atoms with van der Waals surface area (Å²) >= 11 is 1.63. The first-order chi connectivity index (χ1) is 7.69. The maximum absolute atomic E-state index is 11.8. The molecule has 16 heavy (non-hydrogen) atoms. The van der Waals surface area contributed by atoms with E-state index in [9.17, 15) is 4.79 Å². The van der Waals surface area contributed by atoms with Crippen molar-refractivity contribution in [3.8, 4) is 0 Å². The van der Waals surface area contributed by atoms with Gasteiger partial charge in [0.15, 0.2) is 0 Å². The molecule has 1 amide bonds. The van der Waals surface area contributed by atoms with Crippen LogP contribution in [-0.4, -0.2) is 11.4 Å². The molecular weight excluding hydrogens is 220 g/mol. The van der Waals surface area contributed by atoms with E-state index >= 15 is 0 Å². The average Bonchev–Trinajstić information content (AvgIpc) is 2.92. The summed E-state index contributed by atoms with van der Waals surface area (Å²) in [5.74, 6) is -0.0592. The van der Waals surface area contributed by atoms with E-state index in [0.717, 1.165) is 23.9 Å². The zero-order chi connectivity index (χ0) is 11.2. The number of anilines is 1. The molecule has 1 fully saturated rings. The van der Waals surface area contributed by atoms with Gasteiger partial charge < -0.3 is 11.1 Å². The molecule has 0 atom stereocenters. The van der Waals surface area contributed by atoms with Gasteiger partial charge >= 0.3 is 0 Å². The van der Waals surface area contributed by atoms with Crippen molar-refractivity contribution in [3.63, 3.8) is 0 Å². The van der Waals surface area contributed by atoms with Crippen LogP contribution in [0.5, 0.6) is 0 Å². The van der Waals surface area contributed by atoms with Gasteiger partial charge in [0.05, 0.1) is 11.2 Å². The van der Waals surface area contributed by atoms with Crippen LogP contribution in [-0.2, 0) is 4.79 Å². The largest absolute Gasteiger partial charge is 0.323 e. The van der Waals surface area contributed by atoms with Crippen molar-refractivity contribution < 1.29 is 4.79 Å². The zero-order valence-corrected chi connectivity index (χ0v) is 9.51. The lowest BCUT2D eigenvalue weighted by Gasteiger charge is -2.08. The summed E-state index contributed by atoms with van der Waals surface area (Å²) in [4.78, 5) is 11.8. The van der Waals surface area contributed by atoms with Crippen molar-refractivity contribution in [2.24, 2.45) is 5.73 Å². The molecule has 0 bridgehead atoms. The number of rotatable bonds is 2. The smallest absolute Gasteiger partial charge is 0.244 e. The van der Waals surface area contributed by atoms with Crippen LogP contribution in [0.25, 0.3) is 10.1 Å². The van der Waals surface area contributed by atoms with Gasteiger partial charge in [0.2, 0.25) is 5.91 Å². The molecule has 1 aromatic heterocycles. The lowest BCUT2D eigenvalue weighted by Crippen LogP contribution is -2.37. The van der Waals surface area contributed by atoms with E-state index in [4.69, 9.17) is 5.73 Å². The first-order valence-corrected chi connectivity index (χ1v) is 6.14. The van der Waals surface area contributed by atoms with Crippen molar-refractivity contribution in [2.45, 2.75) is 18.4 Å². The summed E-state index contributed by atoms with van der Waals surface area (Å²) in [6.45, 7) is 0. The van der Waals surface area contributed by atoms with Crippen molar-refractivity contribution in [3.05, 3.63) is 29.6 Å². The van der Waals surface area contributed by atoms with Crippen molar-refractivity contribution in [1.29, 1.82) is 0 Å². The zero-order valence-electron chi connectivity index (χ0n) is 8.69. The highest BCUT2D eigenvalue weighted by Crippen LogP contribution is 2.35. The highest BCUT2D eigenvalue weighted by atomic mass is 32.1. The lowest BCUT2D eigenvalue weighted by molar-refractivity contribution is -0.118. The average molecular weight is 232 g/mol. The molecule has 1 saturated carbocycles. The maximum Gasteiger partial charge on any atom is 0.244 e. The second-order valence-corrected chi connectivity index (χ2v) is 5.17. The number of carbonyl (C=O) groups is 1. The number of carbonyl (C=O) groups excluding carboxylic acids is 1. The highest BCUT2D eigenvalue weighted by molar-refractivity contribution is 7.17. The molecule has 4 heteroatoms. The second-order valence-electron chi connectivity index (χ2n) is 4.26. The SMILES string of the molecule is NC1(C(=O)Nc2csc3ccccc23)CC1. The molecular formula is C12H12N2OS. The number of nitrogens with two attached hydrogens (primary N) is 1. The minimum absolute atomic E-state index is 0.0592. The Bertz CT molecular complexity index is 557. The van der Waals surface area contributed by atoms with Crippen molar-refractivity contribution in [2.75, 3.05) is 5.32 Å². The third kappa shape index (κ3) is 1.50.